The zero-order chi connectivity index (χ0) is 15.4. The van der Waals surface area contributed by atoms with Crippen LogP contribution in [0.3, 0.4) is 0 Å². The van der Waals surface area contributed by atoms with Gasteiger partial charge >= 0.3 is 5.97 Å². The summed E-state index contributed by atoms with van der Waals surface area (Å²) in [6.07, 6.45) is 2.60. The maximum absolute atomic E-state index is 11.3. The summed E-state index contributed by atoms with van der Waals surface area (Å²) in [4.78, 5) is 16.7. The maximum Gasteiger partial charge on any atom is 0.337 e. The van der Waals surface area contributed by atoms with Gasteiger partial charge in [-0.15, -0.1) is 0 Å². The number of esters is 1. The summed E-state index contributed by atoms with van der Waals surface area (Å²) < 4.78 is 9.38. The molecule has 0 aliphatic heterocycles. The molecule has 1 aliphatic rings. The number of oxime groups is 1. The number of aryl methyl sites for hydroxylation is 1. The van der Waals surface area contributed by atoms with Crippen molar-refractivity contribution >= 4 is 11.7 Å². The van der Waals surface area contributed by atoms with Gasteiger partial charge in [-0.3, -0.25) is 0 Å². The van der Waals surface area contributed by atoms with Gasteiger partial charge in [-0.2, -0.15) is 0 Å². The molecule has 0 saturated heterocycles. The van der Waals surface area contributed by atoms with E-state index in [4.69, 9.17) is 9.47 Å². The lowest BCUT2D eigenvalue weighted by Gasteiger charge is -2.09. The van der Waals surface area contributed by atoms with E-state index in [9.17, 15) is 4.79 Å². The highest BCUT2D eigenvalue weighted by Gasteiger charge is 2.21. The van der Waals surface area contributed by atoms with Crippen LogP contribution >= 0.6 is 0 Å². The first-order valence-corrected chi connectivity index (χ1v) is 6.96. The molecule has 3 rings (SSSR count). The van der Waals surface area contributed by atoms with E-state index >= 15 is 0 Å². The van der Waals surface area contributed by atoms with Gasteiger partial charge in [0.1, 0.15) is 18.0 Å². The normalized spacial score (nSPS) is 15.4. The van der Waals surface area contributed by atoms with Crippen molar-refractivity contribution in [3.8, 4) is 0 Å². The van der Waals surface area contributed by atoms with Crippen LogP contribution in [0, 0.1) is 0 Å². The van der Waals surface area contributed by atoms with Crippen LogP contribution in [-0.2, 0) is 22.6 Å². The zero-order valence-electron chi connectivity index (χ0n) is 12.1. The van der Waals surface area contributed by atoms with Gasteiger partial charge in [0.15, 0.2) is 5.69 Å². The molecule has 7 nitrogen and oxygen atoms in total. The van der Waals surface area contributed by atoms with Crippen molar-refractivity contribution in [2.24, 2.45) is 5.16 Å². The second-order valence-corrected chi connectivity index (χ2v) is 4.91. The third-order valence-electron chi connectivity index (χ3n) is 3.44. The Kier molecular flexibility index (Phi) is 4.13. The topological polar surface area (TPSA) is 86.8 Å². The highest BCUT2D eigenvalue weighted by Crippen LogP contribution is 2.18. The Bertz CT molecular complexity index is 691. The van der Waals surface area contributed by atoms with Gasteiger partial charge in [0.05, 0.1) is 12.7 Å². The van der Waals surface area contributed by atoms with Crippen molar-refractivity contribution in [3.05, 3.63) is 46.8 Å². The van der Waals surface area contributed by atoms with E-state index in [0.29, 0.717) is 17.9 Å². The lowest BCUT2D eigenvalue weighted by molar-refractivity contribution is 0.0600. The van der Waals surface area contributed by atoms with Crippen LogP contribution in [0.15, 0.2) is 34.1 Å². The number of aromatic nitrogens is 2. The van der Waals surface area contributed by atoms with Gasteiger partial charge in [0.2, 0.25) is 0 Å². The van der Waals surface area contributed by atoms with E-state index in [-0.39, 0.29) is 5.97 Å². The first-order chi connectivity index (χ1) is 10.8. The van der Waals surface area contributed by atoms with E-state index in [1.165, 1.54) is 7.11 Å². The summed E-state index contributed by atoms with van der Waals surface area (Å²) in [5.74, 6) is -0.360. The van der Waals surface area contributed by atoms with Gasteiger partial charge in [-0.1, -0.05) is 22.4 Å². The minimum Gasteiger partial charge on any atom is -0.465 e. The van der Waals surface area contributed by atoms with Crippen molar-refractivity contribution < 1.29 is 19.0 Å². The van der Waals surface area contributed by atoms with Crippen LogP contribution in [-0.4, -0.2) is 29.1 Å². The third-order valence-corrected chi connectivity index (χ3v) is 3.44. The monoisotopic (exact) mass is 301 g/mol. The average Bonchev–Trinajstić information content (AvgIpc) is 3.04. The van der Waals surface area contributed by atoms with Crippen LogP contribution in [0.5, 0.6) is 0 Å². The van der Waals surface area contributed by atoms with Crippen molar-refractivity contribution in [1.29, 1.82) is 0 Å². The van der Waals surface area contributed by atoms with Gasteiger partial charge in [0, 0.05) is 0 Å². The molecule has 7 heteroatoms. The molecule has 2 aromatic rings. The smallest absolute Gasteiger partial charge is 0.337 e. The molecule has 1 aliphatic carbocycles. The van der Waals surface area contributed by atoms with E-state index in [0.717, 1.165) is 36.2 Å². The molecule has 1 heterocycles. The maximum atomic E-state index is 11.3. The first-order valence-electron chi connectivity index (χ1n) is 6.96. The Morgan fingerprint density at radius 2 is 2.09 bits per heavy atom. The van der Waals surface area contributed by atoms with Crippen LogP contribution in [0.1, 0.15) is 40.2 Å². The summed E-state index contributed by atoms with van der Waals surface area (Å²) in [5, 5.41) is 11.8. The molecule has 114 valence electrons. The highest BCUT2D eigenvalue weighted by atomic mass is 16.6. The number of rotatable bonds is 4. The number of carbonyl (C=O) groups excluding carboxylic acids is 1. The third kappa shape index (κ3) is 2.98. The molecule has 0 radical (unpaired) electrons. The van der Waals surface area contributed by atoms with E-state index in [1.807, 2.05) is 0 Å². The van der Waals surface area contributed by atoms with E-state index in [1.54, 1.807) is 24.3 Å². The van der Waals surface area contributed by atoms with E-state index < -0.39 is 0 Å². The second-order valence-electron chi connectivity index (χ2n) is 4.91. The second kappa shape index (κ2) is 6.38. The summed E-state index contributed by atoms with van der Waals surface area (Å²) in [6, 6.07) is 6.99. The summed E-state index contributed by atoms with van der Waals surface area (Å²) in [7, 11) is 1.35. The number of benzene rings is 1. The fourth-order valence-corrected chi connectivity index (χ4v) is 2.26. The largest absolute Gasteiger partial charge is 0.465 e. The van der Waals surface area contributed by atoms with Crippen molar-refractivity contribution in [1.82, 2.24) is 10.3 Å². The number of methoxy groups -OCH3 is 1. The number of carbonyl (C=O) groups is 1. The zero-order valence-corrected chi connectivity index (χ0v) is 12.1. The van der Waals surface area contributed by atoms with Gasteiger partial charge in [-0.05, 0) is 42.1 Å². The minimum absolute atomic E-state index is 0.311. The van der Waals surface area contributed by atoms with Gasteiger partial charge in [-0.25, -0.2) is 9.42 Å². The summed E-state index contributed by atoms with van der Waals surface area (Å²) in [5.41, 5.74) is 3.69. The predicted molar refractivity (Wildman–Crippen MR) is 76.3 cm³/mol. The molecule has 0 saturated carbocycles. The lowest BCUT2D eigenvalue weighted by atomic mass is 9.99. The number of ether oxygens (including phenoxy) is 1. The molecule has 0 atom stereocenters. The van der Waals surface area contributed by atoms with Crippen molar-refractivity contribution in [2.75, 3.05) is 7.11 Å². The fourth-order valence-electron chi connectivity index (χ4n) is 2.26. The SMILES string of the molecule is COC(=O)c1ccc(CO/N=C2/CCCc3nonc32)cc1. The van der Waals surface area contributed by atoms with E-state index in [2.05, 4.69) is 20.2 Å². The van der Waals surface area contributed by atoms with Gasteiger partial charge < -0.3 is 9.57 Å². The van der Waals surface area contributed by atoms with Crippen LogP contribution in [0.4, 0.5) is 0 Å². The number of hydrogen-bond acceptors (Lipinski definition) is 7. The minimum atomic E-state index is -0.360. The molecular weight excluding hydrogens is 286 g/mol. The molecular formula is C15H15N3O4. The lowest BCUT2D eigenvalue weighted by Crippen LogP contribution is -2.12. The Morgan fingerprint density at radius 1 is 1.27 bits per heavy atom. The quantitative estimate of drug-likeness (QED) is 0.635. The van der Waals surface area contributed by atoms with Crippen molar-refractivity contribution in [2.45, 2.75) is 25.9 Å². The molecule has 0 unspecified atom stereocenters. The van der Waals surface area contributed by atoms with Crippen LogP contribution in [0.2, 0.25) is 0 Å². The summed E-state index contributed by atoms with van der Waals surface area (Å²) >= 11 is 0. The number of hydrogen-bond donors (Lipinski definition) is 0. The average molecular weight is 301 g/mol. The predicted octanol–water partition coefficient (Wildman–Crippen LogP) is 2.11. The molecule has 1 aromatic carbocycles. The molecule has 0 bridgehead atoms. The number of fused-ring (bicyclic) bond motifs is 1. The van der Waals surface area contributed by atoms with Gasteiger partial charge in [0.25, 0.3) is 0 Å². The Labute approximate surface area is 126 Å². The molecule has 0 N–H and O–H groups in total. The number of nitrogens with zero attached hydrogens (tertiary/aromatic N) is 3. The standard InChI is InChI=1S/C15H15N3O4/c1-20-15(19)11-7-5-10(6-8-11)9-21-16-12-3-2-4-13-14(12)18-22-17-13/h5-8H,2-4,9H2,1H3/b16-12-. The molecule has 0 amide bonds. The fraction of sp³-hybridized carbons (Fsp3) is 0.333. The molecule has 0 spiro atoms. The van der Waals surface area contributed by atoms with Crippen LogP contribution < -0.4 is 0 Å². The molecule has 1 aromatic heterocycles. The molecule has 0 fully saturated rings. The highest BCUT2D eigenvalue weighted by molar-refractivity contribution is 6.00. The van der Waals surface area contributed by atoms with Crippen LogP contribution in [0.25, 0.3) is 0 Å². The Hall–Kier alpha value is -2.70. The summed E-state index contributed by atoms with van der Waals surface area (Å²) in [6.45, 7) is 0.311. The Morgan fingerprint density at radius 3 is 2.86 bits per heavy atom. The molecule has 22 heavy (non-hydrogen) atoms. The Balaban J connectivity index is 1.62. The first kappa shape index (κ1) is 14.2. The van der Waals surface area contributed by atoms with Crippen molar-refractivity contribution in [3.63, 3.8) is 0 Å².